The highest BCUT2D eigenvalue weighted by molar-refractivity contribution is 6.30. The first-order valence-corrected chi connectivity index (χ1v) is 11.1. The number of aliphatic hydroxyl groups excluding tert-OH is 1. The molecule has 0 radical (unpaired) electrons. The molecular weight excluding hydrogens is 507 g/mol. The second-order valence-corrected chi connectivity index (χ2v) is 8.17. The van der Waals surface area contributed by atoms with Gasteiger partial charge in [0.05, 0.1) is 6.10 Å². The molecule has 0 saturated carbocycles. The first-order valence-electron chi connectivity index (χ1n) is 10.7. The summed E-state index contributed by atoms with van der Waals surface area (Å²) in [4.78, 5) is 10.00. The number of aliphatic hydroxyl groups is 1. The van der Waals surface area contributed by atoms with Crippen LogP contribution in [0.3, 0.4) is 0 Å². The number of aryl methyl sites for hydroxylation is 1. The first kappa shape index (κ1) is 26.3. The lowest BCUT2D eigenvalue weighted by Gasteiger charge is -2.24. The van der Waals surface area contributed by atoms with Gasteiger partial charge in [0.25, 0.3) is 0 Å². The Balaban J connectivity index is 1.59. The summed E-state index contributed by atoms with van der Waals surface area (Å²) in [5.41, 5.74) is 6.32. The number of nitrogens with zero attached hydrogens (tertiary/aromatic N) is 4. The Morgan fingerprint density at radius 1 is 1.25 bits per heavy atom. The highest BCUT2D eigenvalue weighted by atomic mass is 35.5. The zero-order valence-corrected chi connectivity index (χ0v) is 19.7. The molecule has 2 unspecified atom stereocenters. The van der Waals surface area contributed by atoms with Crippen molar-refractivity contribution in [2.24, 2.45) is 5.73 Å². The largest absolute Gasteiger partial charge is 0.573 e. The molecule has 3 atom stereocenters. The quantitative estimate of drug-likeness (QED) is 0.430. The Morgan fingerprint density at radius 3 is 2.69 bits per heavy atom. The van der Waals surface area contributed by atoms with Crippen molar-refractivity contribution in [1.29, 1.82) is 0 Å². The van der Waals surface area contributed by atoms with Crippen LogP contribution in [0.1, 0.15) is 29.6 Å². The number of hydrogen-bond acceptors (Lipinski definition) is 9. The van der Waals surface area contributed by atoms with E-state index in [9.17, 15) is 18.3 Å². The fourth-order valence-corrected chi connectivity index (χ4v) is 3.65. The number of ether oxygens (including phenoxy) is 3. The van der Waals surface area contributed by atoms with Crippen LogP contribution in [0.2, 0.25) is 5.02 Å². The zero-order valence-electron chi connectivity index (χ0n) is 18.9. The lowest BCUT2D eigenvalue weighted by Crippen LogP contribution is -2.34. The summed E-state index contributed by atoms with van der Waals surface area (Å²) in [6.45, 7) is 1.18. The molecule has 1 aromatic heterocycles. The van der Waals surface area contributed by atoms with E-state index in [2.05, 4.69) is 14.8 Å². The number of hydroxylamine groups is 2. The van der Waals surface area contributed by atoms with Gasteiger partial charge in [0.15, 0.2) is 11.6 Å². The van der Waals surface area contributed by atoms with Crippen LogP contribution in [-0.4, -0.2) is 57.4 Å². The molecule has 0 aliphatic carbocycles. The third kappa shape index (κ3) is 6.31. The summed E-state index contributed by atoms with van der Waals surface area (Å²) in [7, 11) is 0. The van der Waals surface area contributed by atoms with Gasteiger partial charge in [-0.2, -0.15) is 5.10 Å². The van der Waals surface area contributed by atoms with Crippen LogP contribution in [0, 0.1) is 6.92 Å². The Kier molecular flexibility index (Phi) is 8.10. The third-order valence-corrected chi connectivity index (χ3v) is 5.28. The molecule has 1 aliphatic rings. The Labute approximate surface area is 208 Å². The molecule has 0 bridgehead atoms. The van der Waals surface area contributed by atoms with Crippen molar-refractivity contribution < 1.29 is 37.3 Å². The minimum atomic E-state index is -4.96. The molecule has 0 spiro atoms. The molecule has 0 amide bonds. The average Bonchev–Trinajstić information content (AvgIpc) is 3.47. The molecule has 1 aliphatic heterocycles. The molecule has 14 heteroatoms. The summed E-state index contributed by atoms with van der Waals surface area (Å²) < 4.78 is 55.8. The van der Waals surface area contributed by atoms with Gasteiger partial charge in [0.1, 0.15) is 31.1 Å². The lowest BCUT2D eigenvalue weighted by atomic mass is 10.2. The molecule has 36 heavy (non-hydrogen) atoms. The number of alkyl halides is 3. The van der Waals surface area contributed by atoms with E-state index in [1.165, 1.54) is 24.1 Å². The minimum Gasteiger partial charge on any atom is -0.403 e. The molecule has 1 fully saturated rings. The first-order chi connectivity index (χ1) is 17.1. The number of rotatable bonds is 9. The number of aromatic nitrogens is 3. The summed E-state index contributed by atoms with van der Waals surface area (Å²) in [5, 5.41) is 16.3. The predicted molar refractivity (Wildman–Crippen MR) is 120 cm³/mol. The fourth-order valence-electron chi connectivity index (χ4n) is 3.49. The van der Waals surface area contributed by atoms with E-state index in [4.69, 9.17) is 31.6 Å². The Morgan fingerprint density at radius 2 is 2.00 bits per heavy atom. The van der Waals surface area contributed by atoms with Crippen LogP contribution in [0.4, 0.5) is 13.2 Å². The summed E-state index contributed by atoms with van der Waals surface area (Å²) in [5.74, 6) is -0.383. The second kappa shape index (κ2) is 11.1. The van der Waals surface area contributed by atoms with E-state index in [-0.39, 0.29) is 42.4 Å². The number of benzene rings is 2. The summed E-state index contributed by atoms with van der Waals surface area (Å²) in [6.07, 6.45) is -8.10. The molecule has 2 aromatic carbocycles. The number of halogens is 4. The molecule has 1 saturated heterocycles. The highest BCUT2D eigenvalue weighted by Crippen LogP contribution is 2.34. The third-order valence-electron chi connectivity index (χ3n) is 5.04. The van der Waals surface area contributed by atoms with E-state index in [1.54, 1.807) is 0 Å². The van der Waals surface area contributed by atoms with E-state index < -0.39 is 30.6 Å². The molecule has 3 aromatic rings. The average molecular weight is 530 g/mol. The van der Waals surface area contributed by atoms with Crippen molar-refractivity contribution in [3.63, 3.8) is 0 Å². The van der Waals surface area contributed by atoms with Crippen LogP contribution in [0.25, 0.3) is 5.69 Å². The Bertz CT molecular complexity index is 1170. The van der Waals surface area contributed by atoms with Gasteiger partial charge in [-0.15, -0.1) is 18.2 Å². The van der Waals surface area contributed by atoms with Gasteiger partial charge in [0, 0.05) is 17.1 Å². The molecule has 10 nitrogen and oxygen atoms in total. The van der Waals surface area contributed by atoms with Gasteiger partial charge in [0.2, 0.25) is 6.29 Å². The van der Waals surface area contributed by atoms with Crippen LogP contribution in [-0.2, 0) is 14.3 Å². The van der Waals surface area contributed by atoms with Gasteiger partial charge in [-0.3, -0.25) is 4.84 Å². The number of nitrogens with two attached hydrogens (primary N) is 1. The van der Waals surface area contributed by atoms with Crippen LogP contribution >= 0.6 is 11.6 Å². The molecule has 3 N–H and O–H groups in total. The van der Waals surface area contributed by atoms with Gasteiger partial charge in [-0.05, 0) is 25.1 Å². The van der Waals surface area contributed by atoms with E-state index in [0.717, 1.165) is 16.3 Å². The topological polar surface area (TPSA) is 117 Å². The van der Waals surface area contributed by atoms with Crippen LogP contribution < -0.4 is 10.5 Å². The zero-order chi connectivity index (χ0) is 25.9. The maximum atomic E-state index is 13.0. The van der Waals surface area contributed by atoms with Crippen LogP contribution in [0.5, 0.6) is 5.75 Å². The summed E-state index contributed by atoms with van der Waals surface area (Å²) in [6, 6.07) is 12.8. The molecule has 4 rings (SSSR count). The fraction of sp³-hybridized carbons (Fsp3) is 0.364. The Hall–Kier alpha value is -2.78. The normalized spacial score (nSPS) is 18.4. The van der Waals surface area contributed by atoms with Crippen molar-refractivity contribution in [2.75, 3.05) is 20.0 Å². The second-order valence-electron chi connectivity index (χ2n) is 7.73. The summed E-state index contributed by atoms with van der Waals surface area (Å²) >= 11 is 6.04. The molecule has 194 valence electrons. The van der Waals surface area contributed by atoms with Gasteiger partial charge in [-0.25, -0.2) is 9.67 Å². The van der Waals surface area contributed by atoms with Crippen molar-refractivity contribution in [1.82, 2.24) is 19.8 Å². The lowest BCUT2D eigenvalue weighted by molar-refractivity contribution is -0.274. The van der Waals surface area contributed by atoms with Gasteiger partial charge >= 0.3 is 6.36 Å². The van der Waals surface area contributed by atoms with E-state index in [0.29, 0.717) is 0 Å². The standard InChI is InChI=1S/C22H23ClF3N5O5/c1-13-28-20(31(29-13)16-9-15(23)7-8-18(16)35-22(24,25)26)19(17(32)10-27)33-11-30-12-34-21(36-30)14-5-3-2-4-6-14/h2-9,17,19,21,32H,10-12,27H2,1H3/t17-,19?,21?/m0/s1. The minimum absolute atomic E-state index is 0.0144. The van der Waals surface area contributed by atoms with E-state index >= 15 is 0 Å². The predicted octanol–water partition coefficient (Wildman–Crippen LogP) is 3.38. The van der Waals surface area contributed by atoms with Crippen molar-refractivity contribution in [2.45, 2.75) is 31.8 Å². The smallest absolute Gasteiger partial charge is 0.403 e. The van der Waals surface area contributed by atoms with Crippen molar-refractivity contribution >= 4 is 11.6 Å². The van der Waals surface area contributed by atoms with Crippen LogP contribution in [0.15, 0.2) is 48.5 Å². The van der Waals surface area contributed by atoms with Gasteiger partial charge in [-0.1, -0.05) is 41.9 Å². The maximum absolute atomic E-state index is 13.0. The monoisotopic (exact) mass is 529 g/mol. The van der Waals surface area contributed by atoms with E-state index in [1.807, 2.05) is 30.3 Å². The van der Waals surface area contributed by atoms with Crippen molar-refractivity contribution in [3.05, 3.63) is 70.8 Å². The van der Waals surface area contributed by atoms with Crippen molar-refractivity contribution in [3.8, 4) is 11.4 Å². The van der Waals surface area contributed by atoms with Gasteiger partial charge < -0.3 is 25.1 Å². The molecular formula is C22H23ClF3N5O5. The number of hydrogen-bond donors (Lipinski definition) is 2. The molecule has 2 heterocycles. The maximum Gasteiger partial charge on any atom is 0.573 e. The highest BCUT2D eigenvalue weighted by Gasteiger charge is 2.35. The SMILES string of the molecule is Cc1nc(C(OCN2COC(c3ccccc3)O2)[C@@H](O)CN)n(-c2cc(Cl)ccc2OC(F)(F)F)n1.